The monoisotopic (exact) mass is 554 g/mol. The molecule has 0 saturated heterocycles. The highest BCUT2D eigenvalue weighted by Gasteiger charge is 2.96. The Labute approximate surface area is 175 Å². The second-order valence-electron chi connectivity index (χ2n) is 6.94. The van der Waals surface area contributed by atoms with Crippen LogP contribution in [-0.2, 0) is 4.79 Å². The average molecular weight is 554 g/mol. The Bertz CT molecular complexity index is 761. The Morgan fingerprint density at radius 2 is 0.735 bits per heavy atom. The molecule has 0 amide bonds. The Hall–Kier alpha value is -1.66. The van der Waals surface area contributed by atoms with Crippen LogP contribution in [0.5, 0.6) is 0 Å². The molecule has 204 valence electrons. The summed E-state index contributed by atoms with van der Waals surface area (Å²) in [6.45, 7) is 0.661. The number of Topliss-reactive ketones (excluding diaryl/α,β-unsaturated/α-hetero) is 1. The van der Waals surface area contributed by atoms with E-state index in [2.05, 4.69) is 0 Å². The summed E-state index contributed by atoms with van der Waals surface area (Å²) in [5.74, 6) is -70.6. The van der Waals surface area contributed by atoms with Crippen LogP contribution in [0.25, 0.3) is 0 Å². The quantitative estimate of drug-likeness (QED) is 0.260. The van der Waals surface area contributed by atoms with Gasteiger partial charge in [0.05, 0.1) is 0 Å². The van der Waals surface area contributed by atoms with Gasteiger partial charge in [-0.1, -0.05) is 6.92 Å². The molecule has 0 aromatic rings. The van der Waals surface area contributed by atoms with Crippen LogP contribution in [0.3, 0.4) is 0 Å². The van der Waals surface area contributed by atoms with E-state index in [1.165, 1.54) is 0 Å². The molecule has 0 radical (unpaired) electrons. The molecule has 0 N–H and O–H groups in total. The van der Waals surface area contributed by atoms with Crippen LogP contribution in [0, 0.1) is 5.92 Å². The molecule has 0 rings (SSSR count). The van der Waals surface area contributed by atoms with Gasteiger partial charge in [-0.3, -0.25) is 4.79 Å². The third-order valence-corrected chi connectivity index (χ3v) is 4.44. The van der Waals surface area contributed by atoms with E-state index in [1.807, 2.05) is 0 Å². The Morgan fingerprint density at radius 3 is 0.971 bits per heavy atom. The van der Waals surface area contributed by atoms with Crippen LogP contribution < -0.4 is 0 Å². The van der Waals surface area contributed by atoms with Crippen molar-refractivity contribution in [3.63, 3.8) is 0 Å². The van der Waals surface area contributed by atoms with Crippen LogP contribution >= 0.6 is 0 Å². The predicted octanol–water partition coefficient (Wildman–Crippen LogP) is 7.25. The van der Waals surface area contributed by atoms with E-state index in [9.17, 15) is 88.2 Å². The molecule has 0 heterocycles. The standard InChI is InChI=1S/C14H9F19O/c1-4(5(2)34)3-6(15,16)7(17,18)8(19,20)9(21,22)10(23,24)11(25,26)12(27,28)13(29,30)14(31,32)33/h4H,3H2,1-2H3. The summed E-state index contributed by atoms with van der Waals surface area (Å²) in [5, 5.41) is 0. The Balaban J connectivity index is 6.85. The first-order chi connectivity index (χ1) is 14.3. The first-order valence-corrected chi connectivity index (χ1v) is 7.92. The second kappa shape index (κ2) is 8.19. The largest absolute Gasteiger partial charge is 0.460 e. The maximum atomic E-state index is 13.6. The van der Waals surface area contributed by atoms with Gasteiger partial charge in [-0.05, 0) is 6.92 Å². The number of rotatable bonds is 10. The molecule has 0 spiro atoms. The van der Waals surface area contributed by atoms with Crippen LogP contribution in [0.15, 0.2) is 0 Å². The van der Waals surface area contributed by atoms with E-state index in [0.717, 1.165) is 0 Å². The summed E-state index contributed by atoms with van der Waals surface area (Å²) in [4.78, 5) is 10.8. The van der Waals surface area contributed by atoms with E-state index in [0.29, 0.717) is 13.8 Å². The summed E-state index contributed by atoms with van der Waals surface area (Å²) in [5.41, 5.74) is 0. The molecule has 20 heteroatoms. The lowest BCUT2D eigenvalue weighted by Gasteiger charge is -2.44. The molecular weight excluding hydrogens is 545 g/mol. The fraction of sp³-hybridized carbons (Fsp3) is 0.929. The predicted molar refractivity (Wildman–Crippen MR) is 70.1 cm³/mol. The minimum Gasteiger partial charge on any atom is -0.300 e. The van der Waals surface area contributed by atoms with Crippen molar-refractivity contribution < 1.29 is 88.2 Å². The van der Waals surface area contributed by atoms with Crippen LogP contribution in [0.4, 0.5) is 83.4 Å². The van der Waals surface area contributed by atoms with Gasteiger partial charge >= 0.3 is 53.6 Å². The van der Waals surface area contributed by atoms with E-state index in [4.69, 9.17) is 0 Å². The fourth-order valence-electron chi connectivity index (χ4n) is 2.05. The highest BCUT2D eigenvalue weighted by Crippen LogP contribution is 2.65. The third kappa shape index (κ3) is 4.15. The maximum absolute atomic E-state index is 13.6. The highest BCUT2D eigenvalue weighted by molar-refractivity contribution is 5.77. The first kappa shape index (κ1) is 32.3. The normalized spacial score (nSPS) is 17.1. The van der Waals surface area contributed by atoms with Crippen molar-refractivity contribution in [1.82, 2.24) is 0 Å². The number of carbonyl (C=O) groups is 1. The lowest BCUT2D eigenvalue weighted by molar-refractivity contribution is -0.468. The molecule has 0 fully saturated rings. The van der Waals surface area contributed by atoms with E-state index in [-0.39, 0.29) is 0 Å². The molecule has 0 aliphatic carbocycles. The zero-order valence-electron chi connectivity index (χ0n) is 15.9. The van der Waals surface area contributed by atoms with Gasteiger partial charge in [-0.15, -0.1) is 0 Å². The summed E-state index contributed by atoms with van der Waals surface area (Å²) >= 11 is 0. The van der Waals surface area contributed by atoms with Crippen LogP contribution in [0.1, 0.15) is 20.3 Å². The molecule has 34 heavy (non-hydrogen) atoms. The average Bonchev–Trinajstić information content (AvgIpc) is 2.58. The molecule has 1 atom stereocenters. The number of hydrogen-bond acceptors (Lipinski definition) is 1. The molecule has 1 nitrogen and oxygen atoms in total. The van der Waals surface area contributed by atoms with Crippen molar-refractivity contribution in [2.75, 3.05) is 0 Å². The fourth-order valence-corrected chi connectivity index (χ4v) is 2.05. The van der Waals surface area contributed by atoms with Gasteiger partial charge in [0.2, 0.25) is 0 Å². The summed E-state index contributed by atoms with van der Waals surface area (Å²) in [7, 11) is 0. The van der Waals surface area contributed by atoms with Gasteiger partial charge in [0, 0.05) is 12.3 Å². The maximum Gasteiger partial charge on any atom is 0.460 e. The van der Waals surface area contributed by atoms with Crippen molar-refractivity contribution in [3.8, 4) is 0 Å². The Morgan fingerprint density at radius 1 is 0.500 bits per heavy atom. The smallest absolute Gasteiger partial charge is 0.300 e. The SMILES string of the molecule is CC(=O)C(C)CC(F)(F)C(F)(F)C(F)(F)C(F)(F)C(F)(F)C(F)(F)C(F)(F)C(F)(F)C(F)(F)F. The van der Waals surface area contributed by atoms with Gasteiger partial charge in [-0.25, -0.2) is 0 Å². The Kier molecular flexibility index (Phi) is 7.79. The topological polar surface area (TPSA) is 17.1 Å². The molecule has 0 aliphatic rings. The summed E-state index contributed by atoms with van der Waals surface area (Å²) in [6, 6.07) is 0. The zero-order valence-corrected chi connectivity index (χ0v) is 15.9. The van der Waals surface area contributed by atoms with Gasteiger partial charge in [0.25, 0.3) is 0 Å². The third-order valence-electron chi connectivity index (χ3n) is 4.44. The van der Waals surface area contributed by atoms with Crippen molar-refractivity contribution in [2.24, 2.45) is 5.92 Å². The lowest BCUT2D eigenvalue weighted by atomic mass is 9.85. The van der Waals surface area contributed by atoms with Gasteiger partial charge < -0.3 is 0 Å². The number of ketones is 1. The number of hydrogen-bond donors (Lipinski definition) is 0. The van der Waals surface area contributed by atoms with Crippen molar-refractivity contribution in [1.29, 1.82) is 0 Å². The molecule has 0 aliphatic heterocycles. The van der Waals surface area contributed by atoms with E-state index >= 15 is 0 Å². The minimum atomic E-state index is -8.94. The first-order valence-electron chi connectivity index (χ1n) is 7.92. The van der Waals surface area contributed by atoms with Gasteiger partial charge in [0.1, 0.15) is 5.78 Å². The van der Waals surface area contributed by atoms with Crippen molar-refractivity contribution in [3.05, 3.63) is 0 Å². The summed E-state index contributed by atoms with van der Waals surface area (Å²) < 4.78 is 249. The number of carbonyl (C=O) groups excluding carboxylic acids is 1. The van der Waals surface area contributed by atoms with E-state index < -0.39 is 71.7 Å². The lowest BCUT2D eigenvalue weighted by Crippen LogP contribution is -2.75. The molecular formula is C14H9F19O. The molecule has 0 aromatic carbocycles. The summed E-state index contributed by atoms with van der Waals surface area (Å²) in [6.07, 6.45) is -10.7. The molecule has 0 saturated carbocycles. The van der Waals surface area contributed by atoms with E-state index in [1.54, 1.807) is 0 Å². The molecule has 0 bridgehead atoms. The molecule has 1 unspecified atom stereocenters. The number of alkyl halides is 19. The highest BCUT2D eigenvalue weighted by atomic mass is 19.4. The van der Waals surface area contributed by atoms with Crippen LogP contribution in [-0.4, -0.2) is 59.3 Å². The number of halogens is 19. The van der Waals surface area contributed by atoms with Gasteiger partial charge in [-0.2, -0.15) is 83.4 Å². The van der Waals surface area contributed by atoms with Crippen LogP contribution in [0.2, 0.25) is 0 Å². The van der Waals surface area contributed by atoms with Crippen molar-refractivity contribution >= 4 is 5.78 Å². The second-order valence-corrected chi connectivity index (χ2v) is 6.94. The van der Waals surface area contributed by atoms with Crippen molar-refractivity contribution in [2.45, 2.75) is 73.8 Å². The minimum absolute atomic E-state index is 0.297. The van der Waals surface area contributed by atoms with Gasteiger partial charge in [0.15, 0.2) is 0 Å². The zero-order chi connectivity index (χ0) is 28.4. The molecule has 0 aromatic heterocycles.